The van der Waals surface area contributed by atoms with E-state index in [0.29, 0.717) is 13.1 Å². The van der Waals surface area contributed by atoms with Crippen molar-refractivity contribution in [2.24, 2.45) is 0 Å². The summed E-state index contributed by atoms with van der Waals surface area (Å²) in [6, 6.07) is 5.94. The first-order valence-corrected chi connectivity index (χ1v) is 10.1. The minimum Gasteiger partial charge on any atom is -0.497 e. The highest BCUT2D eigenvalue weighted by molar-refractivity contribution is 7.22. The number of methoxy groups -OCH3 is 1. The third kappa shape index (κ3) is 3.14. The van der Waals surface area contributed by atoms with Crippen molar-refractivity contribution in [3.8, 4) is 5.75 Å². The SMILES string of the molecule is COc1ccc2nc(N3CCN(C(=O)c4sc(C)nc4C)CC3)sc2c1. The minimum atomic E-state index is 0.0989. The first-order valence-electron chi connectivity index (χ1n) is 8.48. The van der Waals surface area contributed by atoms with Crippen LogP contribution < -0.4 is 9.64 Å². The molecule has 0 saturated carbocycles. The van der Waals surface area contributed by atoms with Crippen LogP contribution in [0, 0.1) is 13.8 Å². The van der Waals surface area contributed by atoms with Crippen LogP contribution >= 0.6 is 22.7 Å². The molecular formula is C18H20N4O2S2. The van der Waals surface area contributed by atoms with E-state index in [1.54, 1.807) is 18.4 Å². The molecule has 2 aromatic heterocycles. The van der Waals surface area contributed by atoms with Crippen LogP contribution in [0.4, 0.5) is 5.13 Å². The molecule has 1 amide bonds. The molecule has 1 aliphatic heterocycles. The maximum absolute atomic E-state index is 12.7. The van der Waals surface area contributed by atoms with Crippen molar-refractivity contribution in [1.82, 2.24) is 14.9 Å². The molecule has 1 aromatic carbocycles. The van der Waals surface area contributed by atoms with E-state index in [-0.39, 0.29) is 5.91 Å². The first-order chi connectivity index (χ1) is 12.5. The second-order valence-corrected chi connectivity index (χ2v) is 8.47. The molecule has 6 nitrogen and oxygen atoms in total. The zero-order valence-electron chi connectivity index (χ0n) is 15.0. The van der Waals surface area contributed by atoms with Crippen LogP contribution in [0.15, 0.2) is 18.2 Å². The maximum atomic E-state index is 12.7. The maximum Gasteiger partial charge on any atom is 0.265 e. The quantitative estimate of drug-likeness (QED) is 0.689. The molecule has 0 aliphatic carbocycles. The Hall–Kier alpha value is -2.19. The number of ether oxygens (including phenoxy) is 1. The second kappa shape index (κ2) is 6.85. The average molecular weight is 389 g/mol. The molecule has 1 fully saturated rings. The number of carbonyl (C=O) groups excluding carboxylic acids is 1. The lowest BCUT2D eigenvalue weighted by molar-refractivity contribution is 0.0750. The van der Waals surface area contributed by atoms with Crippen LogP contribution in [-0.4, -0.2) is 54.1 Å². The third-order valence-corrected chi connectivity index (χ3v) is 6.66. The average Bonchev–Trinajstić information content (AvgIpc) is 3.23. The number of anilines is 1. The topological polar surface area (TPSA) is 58.6 Å². The molecule has 136 valence electrons. The molecule has 0 bridgehead atoms. The standard InChI is InChI=1S/C18H20N4O2S2/c1-11-16(25-12(2)19-11)17(23)21-6-8-22(9-7-21)18-20-14-5-4-13(24-3)10-15(14)26-18/h4-5,10H,6-9H2,1-3H3. The molecular weight excluding hydrogens is 368 g/mol. The van der Waals surface area contributed by atoms with E-state index in [1.165, 1.54) is 11.3 Å². The van der Waals surface area contributed by atoms with Gasteiger partial charge < -0.3 is 14.5 Å². The number of amides is 1. The van der Waals surface area contributed by atoms with E-state index < -0.39 is 0 Å². The third-order valence-electron chi connectivity index (χ3n) is 4.52. The fourth-order valence-corrected chi connectivity index (χ4v) is 5.06. The highest BCUT2D eigenvalue weighted by atomic mass is 32.1. The Balaban J connectivity index is 1.46. The Morgan fingerprint density at radius 1 is 1.12 bits per heavy atom. The summed E-state index contributed by atoms with van der Waals surface area (Å²) in [5, 5.41) is 1.94. The summed E-state index contributed by atoms with van der Waals surface area (Å²) >= 11 is 3.15. The van der Waals surface area contributed by atoms with E-state index in [0.717, 1.165) is 49.8 Å². The van der Waals surface area contributed by atoms with Crippen molar-refractivity contribution < 1.29 is 9.53 Å². The van der Waals surface area contributed by atoms with Gasteiger partial charge in [0.2, 0.25) is 0 Å². The van der Waals surface area contributed by atoms with Crippen LogP contribution in [-0.2, 0) is 0 Å². The molecule has 0 radical (unpaired) electrons. The molecule has 8 heteroatoms. The molecule has 3 heterocycles. The number of nitrogens with zero attached hydrogens (tertiary/aromatic N) is 4. The highest BCUT2D eigenvalue weighted by Crippen LogP contribution is 2.32. The summed E-state index contributed by atoms with van der Waals surface area (Å²) in [5.74, 6) is 0.945. The van der Waals surface area contributed by atoms with Crippen LogP contribution in [0.25, 0.3) is 10.2 Å². The normalized spacial score (nSPS) is 14.9. The van der Waals surface area contributed by atoms with Crippen LogP contribution in [0.1, 0.15) is 20.4 Å². The Labute approximate surface area is 160 Å². The smallest absolute Gasteiger partial charge is 0.265 e. The minimum absolute atomic E-state index is 0.0989. The summed E-state index contributed by atoms with van der Waals surface area (Å²) < 4.78 is 6.41. The summed E-state index contributed by atoms with van der Waals surface area (Å²) in [5.41, 5.74) is 1.82. The number of aryl methyl sites for hydroxylation is 2. The van der Waals surface area contributed by atoms with Crippen molar-refractivity contribution in [1.29, 1.82) is 0 Å². The highest BCUT2D eigenvalue weighted by Gasteiger charge is 2.26. The van der Waals surface area contributed by atoms with Gasteiger partial charge >= 0.3 is 0 Å². The van der Waals surface area contributed by atoms with Crippen LogP contribution in [0.3, 0.4) is 0 Å². The number of rotatable bonds is 3. The van der Waals surface area contributed by atoms with Gasteiger partial charge in [0, 0.05) is 26.2 Å². The van der Waals surface area contributed by atoms with Crippen molar-refractivity contribution in [3.63, 3.8) is 0 Å². The lowest BCUT2D eigenvalue weighted by Crippen LogP contribution is -2.48. The van der Waals surface area contributed by atoms with Gasteiger partial charge in [-0.2, -0.15) is 0 Å². The van der Waals surface area contributed by atoms with Crippen molar-refractivity contribution in [2.45, 2.75) is 13.8 Å². The fraction of sp³-hybridized carbons (Fsp3) is 0.389. The Bertz CT molecular complexity index is 957. The number of hydrogen-bond donors (Lipinski definition) is 0. The Morgan fingerprint density at radius 2 is 1.88 bits per heavy atom. The molecule has 26 heavy (non-hydrogen) atoms. The monoisotopic (exact) mass is 388 g/mol. The van der Waals surface area contributed by atoms with Crippen molar-refractivity contribution >= 4 is 43.9 Å². The summed E-state index contributed by atoms with van der Waals surface area (Å²) in [7, 11) is 1.67. The van der Waals surface area contributed by atoms with Gasteiger partial charge in [-0.1, -0.05) is 11.3 Å². The van der Waals surface area contributed by atoms with E-state index >= 15 is 0 Å². The van der Waals surface area contributed by atoms with Gasteiger partial charge in [-0.3, -0.25) is 4.79 Å². The number of carbonyl (C=O) groups is 1. The molecule has 0 spiro atoms. The number of piperazine rings is 1. The molecule has 3 aromatic rings. The lowest BCUT2D eigenvalue weighted by atomic mass is 10.3. The van der Waals surface area contributed by atoms with Crippen molar-refractivity contribution in [2.75, 3.05) is 38.2 Å². The Morgan fingerprint density at radius 3 is 2.54 bits per heavy atom. The van der Waals surface area contributed by atoms with Crippen LogP contribution in [0.5, 0.6) is 5.75 Å². The van der Waals surface area contributed by atoms with Gasteiger partial charge in [0.25, 0.3) is 5.91 Å². The molecule has 0 unspecified atom stereocenters. The second-order valence-electron chi connectivity index (χ2n) is 6.26. The fourth-order valence-electron chi connectivity index (χ4n) is 3.13. The van der Waals surface area contributed by atoms with E-state index in [9.17, 15) is 4.79 Å². The lowest BCUT2D eigenvalue weighted by Gasteiger charge is -2.34. The summed E-state index contributed by atoms with van der Waals surface area (Å²) in [4.78, 5) is 26.8. The number of fused-ring (bicyclic) bond motifs is 1. The van der Waals surface area contributed by atoms with Gasteiger partial charge in [-0.05, 0) is 32.0 Å². The predicted molar refractivity (Wildman–Crippen MR) is 106 cm³/mol. The predicted octanol–water partition coefficient (Wildman–Crippen LogP) is 3.34. The zero-order valence-corrected chi connectivity index (χ0v) is 16.6. The summed E-state index contributed by atoms with van der Waals surface area (Å²) in [6.45, 7) is 6.83. The molecule has 1 saturated heterocycles. The number of thiazole rings is 2. The molecule has 0 N–H and O–H groups in total. The van der Waals surface area contributed by atoms with E-state index in [4.69, 9.17) is 9.72 Å². The van der Waals surface area contributed by atoms with Gasteiger partial charge in [0.1, 0.15) is 10.6 Å². The number of hydrogen-bond acceptors (Lipinski definition) is 7. The first kappa shape index (κ1) is 17.2. The van der Waals surface area contributed by atoms with Gasteiger partial charge in [0.05, 0.1) is 28.0 Å². The van der Waals surface area contributed by atoms with E-state index in [2.05, 4.69) is 9.88 Å². The van der Waals surface area contributed by atoms with Crippen LogP contribution in [0.2, 0.25) is 0 Å². The van der Waals surface area contributed by atoms with E-state index in [1.807, 2.05) is 36.9 Å². The molecule has 4 rings (SSSR count). The number of benzene rings is 1. The zero-order chi connectivity index (χ0) is 18.3. The van der Waals surface area contributed by atoms with Gasteiger partial charge in [0.15, 0.2) is 5.13 Å². The number of aromatic nitrogens is 2. The summed E-state index contributed by atoms with van der Waals surface area (Å²) in [6.07, 6.45) is 0. The largest absolute Gasteiger partial charge is 0.497 e. The van der Waals surface area contributed by atoms with Gasteiger partial charge in [-0.15, -0.1) is 11.3 Å². The van der Waals surface area contributed by atoms with Crippen molar-refractivity contribution in [3.05, 3.63) is 33.8 Å². The van der Waals surface area contributed by atoms with Gasteiger partial charge in [-0.25, -0.2) is 9.97 Å². The Kier molecular flexibility index (Phi) is 4.54. The molecule has 0 atom stereocenters. The molecule has 1 aliphatic rings.